The molecule has 0 aromatic carbocycles. The molecule has 3 rings (SSSR count). The molecule has 122 valence electrons. The molecule has 22 heavy (non-hydrogen) atoms. The third kappa shape index (κ3) is 1.92. The highest BCUT2D eigenvalue weighted by Gasteiger charge is 2.62. The fraction of sp³-hybridized carbons (Fsp3) is 0.750. The molecule has 0 saturated heterocycles. The first-order valence-corrected chi connectivity index (χ1v) is 8.78. The Hall–Kier alpha value is -0.890. The van der Waals surface area contributed by atoms with Crippen LogP contribution in [0.4, 0.5) is 0 Å². The summed E-state index contributed by atoms with van der Waals surface area (Å²) in [6, 6.07) is 0. The lowest BCUT2D eigenvalue weighted by Crippen LogP contribution is -2.46. The number of carbonyl (C=O) groups is 1. The van der Waals surface area contributed by atoms with Gasteiger partial charge in [-0.15, -0.1) is 0 Å². The van der Waals surface area contributed by atoms with Crippen molar-refractivity contribution < 1.29 is 9.90 Å². The Morgan fingerprint density at radius 3 is 2.55 bits per heavy atom. The average molecular weight is 302 g/mol. The minimum atomic E-state index is -0.685. The van der Waals surface area contributed by atoms with Crippen molar-refractivity contribution in [3.63, 3.8) is 0 Å². The lowest BCUT2D eigenvalue weighted by atomic mass is 9.63. The van der Waals surface area contributed by atoms with E-state index in [1.807, 2.05) is 0 Å². The second kappa shape index (κ2) is 4.80. The Bertz CT molecular complexity index is 558. The molecule has 0 aromatic rings. The van der Waals surface area contributed by atoms with E-state index >= 15 is 0 Å². The second-order valence-corrected chi connectivity index (χ2v) is 8.73. The van der Waals surface area contributed by atoms with E-state index < -0.39 is 5.60 Å². The van der Waals surface area contributed by atoms with Gasteiger partial charge in [0.2, 0.25) is 0 Å². The molecule has 2 saturated carbocycles. The van der Waals surface area contributed by atoms with Crippen molar-refractivity contribution in [2.45, 2.75) is 65.9 Å². The molecule has 3 aliphatic rings. The molecule has 5 atom stereocenters. The largest absolute Gasteiger partial charge is 0.389 e. The van der Waals surface area contributed by atoms with Gasteiger partial charge in [-0.05, 0) is 43.9 Å². The summed E-state index contributed by atoms with van der Waals surface area (Å²) < 4.78 is 0. The quantitative estimate of drug-likeness (QED) is 0.784. The van der Waals surface area contributed by atoms with Gasteiger partial charge in [-0.3, -0.25) is 4.79 Å². The van der Waals surface area contributed by atoms with Gasteiger partial charge in [-0.25, -0.2) is 0 Å². The highest BCUT2D eigenvalue weighted by atomic mass is 16.3. The predicted octanol–water partition coefficient (Wildman–Crippen LogP) is 4.29. The lowest BCUT2D eigenvalue weighted by Gasteiger charge is -2.40. The van der Waals surface area contributed by atoms with Gasteiger partial charge < -0.3 is 5.11 Å². The first-order valence-electron chi connectivity index (χ1n) is 8.78. The van der Waals surface area contributed by atoms with Crippen LogP contribution in [0.5, 0.6) is 0 Å². The zero-order chi connectivity index (χ0) is 16.3. The van der Waals surface area contributed by atoms with Crippen LogP contribution < -0.4 is 0 Å². The standard InChI is InChI=1S/C20H30O2/c1-13(2)20(22)12-11-19(5)15(20)8-10-18(4)9-6-7-14(3)16(18)17(19)21/h6-7,9,13,15-16,22H,8,10-12H2,1-5H3/t15-,16+,18-,19+,20-/m0/s1. The maximum atomic E-state index is 13.5. The SMILES string of the molecule is CC1=CC=C[C@@]2(C)CC[C@H]3[C@@](C)(CC[C@]3(O)C(C)C)C(=O)[C@@H]12. The van der Waals surface area contributed by atoms with Gasteiger partial charge in [-0.1, -0.05) is 51.5 Å². The number of rotatable bonds is 1. The molecule has 0 amide bonds. The van der Waals surface area contributed by atoms with E-state index in [0.717, 1.165) is 25.7 Å². The number of carbonyl (C=O) groups excluding carboxylic acids is 1. The third-order valence-corrected chi connectivity index (χ3v) is 7.16. The highest BCUT2D eigenvalue weighted by Crippen LogP contribution is 2.61. The molecule has 0 bridgehead atoms. The molecule has 2 heteroatoms. The molecular weight excluding hydrogens is 272 g/mol. The van der Waals surface area contributed by atoms with Crippen molar-refractivity contribution in [3.05, 3.63) is 23.8 Å². The van der Waals surface area contributed by atoms with E-state index in [0.29, 0.717) is 5.78 Å². The van der Waals surface area contributed by atoms with E-state index in [1.54, 1.807) is 0 Å². The molecular formula is C20H30O2. The Morgan fingerprint density at radius 2 is 1.91 bits per heavy atom. The van der Waals surface area contributed by atoms with Crippen LogP contribution in [0.3, 0.4) is 0 Å². The van der Waals surface area contributed by atoms with Crippen LogP contribution in [-0.4, -0.2) is 16.5 Å². The van der Waals surface area contributed by atoms with E-state index in [2.05, 4.69) is 52.8 Å². The zero-order valence-corrected chi connectivity index (χ0v) is 14.6. The Balaban J connectivity index is 2.08. The summed E-state index contributed by atoms with van der Waals surface area (Å²) in [5.41, 5.74) is 0.0511. The average Bonchev–Trinajstić information content (AvgIpc) is 2.66. The van der Waals surface area contributed by atoms with Gasteiger partial charge in [0.25, 0.3) is 0 Å². The topological polar surface area (TPSA) is 37.3 Å². The summed E-state index contributed by atoms with van der Waals surface area (Å²) in [5.74, 6) is 0.651. The summed E-state index contributed by atoms with van der Waals surface area (Å²) in [6.45, 7) is 10.6. The molecule has 0 spiro atoms. The number of hydrogen-bond acceptors (Lipinski definition) is 2. The normalized spacial score (nSPS) is 48.0. The highest BCUT2D eigenvalue weighted by molar-refractivity contribution is 5.91. The number of allylic oxidation sites excluding steroid dienone is 4. The Kier molecular flexibility index (Phi) is 3.49. The molecule has 0 aliphatic heterocycles. The molecule has 1 N–H and O–H groups in total. The maximum Gasteiger partial charge on any atom is 0.147 e. The minimum absolute atomic E-state index is 0.0120. The van der Waals surface area contributed by atoms with Crippen molar-refractivity contribution in [1.82, 2.24) is 0 Å². The van der Waals surface area contributed by atoms with Crippen LogP contribution in [0.1, 0.15) is 60.3 Å². The minimum Gasteiger partial charge on any atom is -0.389 e. The zero-order valence-electron chi connectivity index (χ0n) is 14.6. The van der Waals surface area contributed by atoms with Gasteiger partial charge in [0.05, 0.1) is 5.60 Å². The van der Waals surface area contributed by atoms with Gasteiger partial charge in [-0.2, -0.15) is 0 Å². The molecule has 2 fully saturated rings. The summed E-state index contributed by atoms with van der Waals surface area (Å²) >= 11 is 0. The fourth-order valence-corrected chi connectivity index (χ4v) is 5.57. The summed E-state index contributed by atoms with van der Waals surface area (Å²) in [6.07, 6.45) is 9.95. The number of hydrogen-bond donors (Lipinski definition) is 1. The van der Waals surface area contributed by atoms with E-state index in [9.17, 15) is 9.90 Å². The molecule has 0 radical (unpaired) electrons. The van der Waals surface area contributed by atoms with E-state index in [-0.39, 0.29) is 28.6 Å². The first kappa shape index (κ1) is 16.0. The number of Topliss-reactive ketones (excluding diaryl/α,β-unsaturated/α-hetero) is 1. The number of ketones is 1. The first-order chi connectivity index (χ1) is 10.2. The van der Waals surface area contributed by atoms with Gasteiger partial charge in [0, 0.05) is 17.3 Å². The van der Waals surface area contributed by atoms with Crippen molar-refractivity contribution in [2.24, 2.45) is 28.6 Å². The molecule has 2 nitrogen and oxygen atoms in total. The smallest absolute Gasteiger partial charge is 0.147 e. The van der Waals surface area contributed by atoms with Crippen LogP contribution in [0.2, 0.25) is 0 Å². The van der Waals surface area contributed by atoms with Crippen molar-refractivity contribution in [2.75, 3.05) is 0 Å². The molecule has 3 aliphatic carbocycles. The summed E-state index contributed by atoms with van der Waals surface area (Å²) in [5, 5.41) is 11.3. The second-order valence-electron chi connectivity index (χ2n) is 8.73. The van der Waals surface area contributed by atoms with Crippen LogP contribution in [-0.2, 0) is 4.79 Å². The van der Waals surface area contributed by atoms with Crippen molar-refractivity contribution in [3.8, 4) is 0 Å². The van der Waals surface area contributed by atoms with E-state index in [1.165, 1.54) is 5.57 Å². The van der Waals surface area contributed by atoms with Crippen LogP contribution in [0.15, 0.2) is 23.8 Å². The van der Waals surface area contributed by atoms with E-state index in [4.69, 9.17) is 0 Å². The number of aliphatic hydroxyl groups is 1. The maximum absolute atomic E-state index is 13.5. The predicted molar refractivity (Wildman–Crippen MR) is 89.4 cm³/mol. The molecule has 0 aromatic heterocycles. The fourth-order valence-electron chi connectivity index (χ4n) is 5.57. The summed E-state index contributed by atoms with van der Waals surface area (Å²) in [4.78, 5) is 13.5. The van der Waals surface area contributed by atoms with Gasteiger partial charge in [0.1, 0.15) is 5.78 Å². The molecule has 0 unspecified atom stereocenters. The monoisotopic (exact) mass is 302 g/mol. The van der Waals surface area contributed by atoms with Crippen molar-refractivity contribution in [1.29, 1.82) is 0 Å². The third-order valence-electron chi connectivity index (χ3n) is 7.16. The Morgan fingerprint density at radius 1 is 1.23 bits per heavy atom. The van der Waals surface area contributed by atoms with Crippen LogP contribution in [0, 0.1) is 28.6 Å². The van der Waals surface area contributed by atoms with Crippen molar-refractivity contribution >= 4 is 5.78 Å². The van der Waals surface area contributed by atoms with Gasteiger partial charge in [0.15, 0.2) is 0 Å². The van der Waals surface area contributed by atoms with Gasteiger partial charge >= 0.3 is 0 Å². The lowest BCUT2D eigenvalue weighted by molar-refractivity contribution is -0.137. The number of fused-ring (bicyclic) bond motifs is 2. The molecule has 0 heterocycles. The Labute approximate surface area is 134 Å². The summed E-state index contributed by atoms with van der Waals surface area (Å²) in [7, 11) is 0. The van der Waals surface area contributed by atoms with Crippen LogP contribution in [0.25, 0.3) is 0 Å². The van der Waals surface area contributed by atoms with Crippen LogP contribution >= 0.6 is 0 Å².